The van der Waals surface area contributed by atoms with Crippen molar-refractivity contribution in [2.24, 2.45) is 0 Å². The lowest BCUT2D eigenvalue weighted by molar-refractivity contribution is 0.0272. The van der Waals surface area contributed by atoms with Crippen LogP contribution in [0, 0.1) is 0 Å². The average molecular weight is 289 g/mol. The van der Waals surface area contributed by atoms with Crippen LogP contribution in [0.15, 0.2) is 48.5 Å². The zero-order valence-corrected chi connectivity index (χ0v) is 11.4. The first kappa shape index (κ1) is 14.8. The van der Waals surface area contributed by atoms with E-state index in [1.54, 1.807) is 0 Å². The molecule has 0 saturated carbocycles. The zero-order valence-electron chi connectivity index (χ0n) is 11.4. The van der Waals surface area contributed by atoms with Crippen LogP contribution in [0.25, 0.3) is 0 Å². The summed E-state index contributed by atoms with van der Waals surface area (Å²) in [5.74, 6) is -0.270. The molecule has 0 fully saturated rings. The highest BCUT2D eigenvalue weighted by Crippen LogP contribution is 2.25. The van der Waals surface area contributed by atoms with Crippen LogP contribution < -0.4 is 9.96 Å². The number of carbonyl (C=O) groups is 1. The maximum Gasteiger partial charge on any atom is 0.340 e. The second kappa shape index (κ2) is 6.74. The fraction of sp³-hybridized carbons (Fsp3) is 0.133. The van der Waals surface area contributed by atoms with Crippen molar-refractivity contribution in [2.45, 2.75) is 6.61 Å². The summed E-state index contributed by atoms with van der Waals surface area (Å²) in [5.41, 5.74) is 0.883. The molecule has 0 amide bonds. The molecule has 2 aromatic carbocycles. The molecule has 0 atom stereocenters. The highest BCUT2D eigenvalue weighted by molar-refractivity contribution is 5.95. The Kier molecular flexibility index (Phi) is 4.76. The normalized spacial score (nSPS) is 10.0. The van der Waals surface area contributed by atoms with Crippen LogP contribution in [0.2, 0.25) is 0 Å². The van der Waals surface area contributed by atoms with Crippen LogP contribution in [-0.2, 0) is 11.3 Å². The minimum absolute atomic E-state index is 0.00642. The average Bonchev–Trinajstić information content (AvgIpc) is 2.52. The van der Waals surface area contributed by atoms with Crippen LogP contribution in [-0.4, -0.2) is 23.5 Å². The topological polar surface area (TPSA) is 79.2 Å². The highest BCUT2D eigenvalue weighted by Gasteiger charge is 2.16. The summed E-state index contributed by atoms with van der Waals surface area (Å²) in [6.07, 6.45) is 0. The minimum Gasteiger partial charge on any atom is -0.489 e. The third kappa shape index (κ3) is 3.71. The van der Waals surface area contributed by atoms with E-state index in [1.165, 1.54) is 25.3 Å². The van der Waals surface area contributed by atoms with Gasteiger partial charge in [-0.05, 0) is 23.8 Å². The van der Waals surface area contributed by atoms with Crippen molar-refractivity contribution >= 4 is 11.7 Å². The molecule has 0 aliphatic carbocycles. The number of esters is 1. The number of methoxy groups -OCH3 is 1. The Morgan fingerprint density at radius 3 is 2.48 bits per heavy atom. The summed E-state index contributed by atoms with van der Waals surface area (Å²) in [6.45, 7) is 0.336. The largest absolute Gasteiger partial charge is 0.489 e. The number of hydrogen-bond acceptors (Lipinski definition) is 6. The van der Waals surface area contributed by atoms with Crippen LogP contribution in [0.3, 0.4) is 0 Å². The van der Waals surface area contributed by atoms with Crippen molar-refractivity contribution in [1.29, 1.82) is 0 Å². The Balaban J connectivity index is 2.19. The Morgan fingerprint density at radius 1 is 1.14 bits per heavy atom. The number of carbonyl (C=O) groups excluding carboxylic acids is 1. The highest BCUT2D eigenvalue weighted by atomic mass is 16.8. The summed E-state index contributed by atoms with van der Waals surface area (Å²) < 4.78 is 10.2. The molecule has 0 radical (unpaired) electrons. The molecule has 0 aliphatic rings. The van der Waals surface area contributed by atoms with E-state index in [4.69, 9.17) is 15.2 Å². The Labute approximate surface area is 121 Å². The molecule has 0 unspecified atom stereocenters. The molecule has 0 aromatic heterocycles. The van der Waals surface area contributed by atoms with E-state index in [2.05, 4.69) is 4.74 Å². The quantitative estimate of drug-likeness (QED) is 0.650. The lowest BCUT2D eigenvalue weighted by Crippen LogP contribution is -2.16. The lowest BCUT2D eigenvalue weighted by Gasteiger charge is -2.14. The number of hydrogen-bond donors (Lipinski definition) is 2. The van der Waals surface area contributed by atoms with Crippen LogP contribution in [0.4, 0.5) is 5.69 Å². The van der Waals surface area contributed by atoms with Crippen LogP contribution in [0.5, 0.6) is 5.75 Å². The SMILES string of the molecule is COC(=O)c1cc(OCc2ccccc2)ccc1N(O)O. The molecule has 6 nitrogen and oxygen atoms in total. The van der Waals surface area contributed by atoms with Crippen molar-refractivity contribution < 1.29 is 24.7 Å². The molecule has 0 spiro atoms. The van der Waals surface area contributed by atoms with Gasteiger partial charge < -0.3 is 9.47 Å². The Hall–Kier alpha value is -2.57. The van der Waals surface area contributed by atoms with Gasteiger partial charge in [-0.15, -0.1) is 5.23 Å². The first-order valence-electron chi connectivity index (χ1n) is 6.19. The second-order valence-electron chi connectivity index (χ2n) is 4.23. The predicted molar refractivity (Wildman–Crippen MR) is 74.6 cm³/mol. The fourth-order valence-electron chi connectivity index (χ4n) is 1.79. The number of ether oxygens (including phenoxy) is 2. The fourth-order valence-corrected chi connectivity index (χ4v) is 1.79. The van der Waals surface area contributed by atoms with Crippen molar-refractivity contribution in [2.75, 3.05) is 12.3 Å². The molecule has 0 bridgehead atoms. The molecular formula is C15H15NO5. The van der Waals surface area contributed by atoms with Crippen LogP contribution >= 0.6 is 0 Å². The number of nitrogens with zero attached hydrogens (tertiary/aromatic N) is 1. The van der Waals surface area contributed by atoms with E-state index in [0.717, 1.165) is 5.56 Å². The standard InChI is InChI=1S/C15H15NO5/c1-20-15(17)13-9-12(7-8-14(13)16(18)19)21-10-11-5-3-2-4-6-11/h2-9,18-19H,10H2,1H3. The second-order valence-corrected chi connectivity index (χ2v) is 4.23. The molecular weight excluding hydrogens is 274 g/mol. The van der Waals surface area contributed by atoms with Gasteiger partial charge in [0.15, 0.2) is 0 Å². The van der Waals surface area contributed by atoms with Gasteiger partial charge in [0.1, 0.15) is 18.0 Å². The van der Waals surface area contributed by atoms with Crippen molar-refractivity contribution in [3.8, 4) is 5.75 Å². The number of rotatable bonds is 5. The zero-order chi connectivity index (χ0) is 15.2. The first-order chi connectivity index (χ1) is 10.1. The van der Waals surface area contributed by atoms with E-state index in [1.807, 2.05) is 30.3 Å². The molecule has 0 saturated heterocycles. The van der Waals surface area contributed by atoms with Gasteiger partial charge in [0.25, 0.3) is 0 Å². The monoisotopic (exact) mass is 289 g/mol. The predicted octanol–water partition coefficient (Wildman–Crippen LogP) is 2.64. The molecule has 0 heterocycles. The van der Waals surface area contributed by atoms with E-state index >= 15 is 0 Å². The summed E-state index contributed by atoms with van der Waals surface area (Å²) >= 11 is 0. The maximum atomic E-state index is 11.6. The Bertz CT molecular complexity index is 613. The van der Waals surface area contributed by atoms with Gasteiger partial charge >= 0.3 is 5.97 Å². The summed E-state index contributed by atoms with van der Waals surface area (Å²) in [4.78, 5) is 11.6. The van der Waals surface area contributed by atoms with Gasteiger partial charge in [-0.1, -0.05) is 30.3 Å². The molecule has 0 aliphatic heterocycles. The third-order valence-electron chi connectivity index (χ3n) is 2.84. The van der Waals surface area contributed by atoms with E-state index < -0.39 is 5.97 Å². The van der Waals surface area contributed by atoms with Gasteiger partial charge in [0, 0.05) is 0 Å². The van der Waals surface area contributed by atoms with Gasteiger partial charge in [0.05, 0.1) is 12.7 Å². The van der Waals surface area contributed by atoms with E-state index in [-0.39, 0.29) is 16.5 Å². The number of benzene rings is 2. The maximum absolute atomic E-state index is 11.6. The summed E-state index contributed by atoms with van der Waals surface area (Å²) in [7, 11) is 1.21. The van der Waals surface area contributed by atoms with Crippen molar-refractivity contribution in [3.63, 3.8) is 0 Å². The molecule has 2 rings (SSSR count). The number of anilines is 1. The summed E-state index contributed by atoms with van der Waals surface area (Å²) in [6, 6.07) is 13.8. The Morgan fingerprint density at radius 2 is 1.86 bits per heavy atom. The first-order valence-corrected chi connectivity index (χ1v) is 6.19. The third-order valence-corrected chi connectivity index (χ3v) is 2.84. The van der Waals surface area contributed by atoms with E-state index in [0.29, 0.717) is 12.4 Å². The van der Waals surface area contributed by atoms with Gasteiger partial charge in [-0.25, -0.2) is 4.79 Å². The molecule has 110 valence electrons. The van der Waals surface area contributed by atoms with Crippen molar-refractivity contribution in [1.82, 2.24) is 0 Å². The van der Waals surface area contributed by atoms with Gasteiger partial charge in [-0.2, -0.15) is 0 Å². The van der Waals surface area contributed by atoms with E-state index in [9.17, 15) is 4.79 Å². The molecule has 6 heteroatoms. The van der Waals surface area contributed by atoms with Crippen LogP contribution in [0.1, 0.15) is 15.9 Å². The van der Waals surface area contributed by atoms with Gasteiger partial charge in [-0.3, -0.25) is 10.4 Å². The minimum atomic E-state index is -0.691. The molecule has 2 aromatic rings. The lowest BCUT2D eigenvalue weighted by atomic mass is 10.1. The smallest absolute Gasteiger partial charge is 0.340 e. The molecule has 21 heavy (non-hydrogen) atoms. The van der Waals surface area contributed by atoms with Crippen molar-refractivity contribution in [3.05, 3.63) is 59.7 Å². The van der Waals surface area contributed by atoms with Gasteiger partial charge in [0.2, 0.25) is 0 Å². The summed E-state index contributed by atoms with van der Waals surface area (Å²) in [5, 5.41) is 18.0. The molecule has 2 N–H and O–H groups in total.